The number of nitrogens with one attached hydrogen (secondary N) is 1. The molecule has 0 aliphatic rings. The van der Waals surface area contributed by atoms with Crippen LogP contribution in [0.15, 0.2) is 57.2 Å². The molecule has 4 aromatic rings. The first kappa shape index (κ1) is 21.2. The fourth-order valence-electron chi connectivity index (χ4n) is 3.26. The molecule has 0 aliphatic carbocycles. The number of halogens is 1. The second-order valence-electron chi connectivity index (χ2n) is 7.14. The number of hydrogen-bond acceptors (Lipinski definition) is 7. The third-order valence-corrected chi connectivity index (χ3v) is 5.24. The maximum absolute atomic E-state index is 12.9. The summed E-state index contributed by atoms with van der Waals surface area (Å²) in [7, 11) is 2.94. The highest BCUT2D eigenvalue weighted by Gasteiger charge is 2.19. The van der Waals surface area contributed by atoms with Crippen molar-refractivity contribution in [3.05, 3.63) is 79.5 Å². The Morgan fingerprint density at radius 2 is 1.81 bits per heavy atom. The Kier molecular flexibility index (Phi) is 5.45. The van der Waals surface area contributed by atoms with Crippen molar-refractivity contribution in [1.29, 1.82) is 0 Å². The van der Waals surface area contributed by atoms with Gasteiger partial charge in [0.05, 0.1) is 12.8 Å². The molecule has 11 heteroatoms. The minimum atomic E-state index is -0.497. The van der Waals surface area contributed by atoms with Gasteiger partial charge < -0.3 is 10.2 Å². The van der Waals surface area contributed by atoms with Crippen LogP contribution in [-0.2, 0) is 20.6 Å². The van der Waals surface area contributed by atoms with E-state index in [1.165, 1.54) is 43.1 Å². The van der Waals surface area contributed by atoms with Crippen LogP contribution in [-0.4, -0.2) is 35.1 Å². The van der Waals surface area contributed by atoms with Crippen molar-refractivity contribution in [2.45, 2.75) is 6.54 Å². The molecule has 2 heterocycles. The number of aromatic nitrogens is 4. The lowest BCUT2D eigenvalue weighted by Crippen LogP contribution is -2.37. The van der Waals surface area contributed by atoms with Crippen LogP contribution in [0.4, 0.5) is 5.95 Å². The lowest BCUT2D eigenvalue weighted by atomic mass is 10.2. The standard InChI is InChI=1S/C21H19ClN6O4/c1-26-18-17(19(31)27(2)21(26)32)28(11-12-3-6-14(22)7-4-12)20(24-18)25-23-10-13-5-8-15(29)9-16(13)30/h3-10,29-30H,11H2,1-2H3,(H,24,25)/b23-10+. The van der Waals surface area contributed by atoms with E-state index in [1.807, 2.05) is 12.1 Å². The van der Waals surface area contributed by atoms with Crippen molar-refractivity contribution in [2.75, 3.05) is 5.43 Å². The molecular weight excluding hydrogens is 436 g/mol. The van der Waals surface area contributed by atoms with Gasteiger partial charge in [0.1, 0.15) is 11.5 Å². The zero-order valence-corrected chi connectivity index (χ0v) is 17.9. The van der Waals surface area contributed by atoms with E-state index in [0.717, 1.165) is 10.1 Å². The van der Waals surface area contributed by atoms with Crippen molar-refractivity contribution < 1.29 is 10.2 Å². The fraction of sp³-hybridized carbons (Fsp3) is 0.143. The molecule has 4 rings (SSSR count). The van der Waals surface area contributed by atoms with E-state index in [4.69, 9.17) is 11.6 Å². The van der Waals surface area contributed by atoms with E-state index < -0.39 is 11.2 Å². The molecule has 0 atom stereocenters. The summed E-state index contributed by atoms with van der Waals surface area (Å²) < 4.78 is 3.92. The predicted octanol–water partition coefficient (Wildman–Crippen LogP) is 1.99. The largest absolute Gasteiger partial charge is 0.508 e. The van der Waals surface area contributed by atoms with Crippen LogP contribution in [0.1, 0.15) is 11.1 Å². The SMILES string of the molecule is Cn1c(=O)c2c(nc(N/N=C/c3ccc(O)cc3O)n2Cc2ccc(Cl)cc2)n(C)c1=O. The van der Waals surface area contributed by atoms with Crippen LogP contribution in [0, 0.1) is 0 Å². The highest BCUT2D eigenvalue weighted by atomic mass is 35.5. The zero-order chi connectivity index (χ0) is 23.0. The van der Waals surface area contributed by atoms with Crippen LogP contribution in [0.25, 0.3) is 11.2 Å². The van der Waals surface area contributed by atoms with E-state index in [0.29, 0.717) is 10.6 Å². The summed E-state index contributed by atoms with van der Waals surface area (Å²) >= 11 is 5.98. The Morgan fingerprint density at radius 1 is 1.09 bits per heavy atom. The van der Waals surface area contributed by atoms with Gasteiger partial charge in [0.25, 0.3) is 5.56 Å². The summed E-state index contributed by atoms with van der Waals surface area (Å²) in [4.78, 5) is 29.7. The number of imidazole rings is 1. The molecular formula is C21H19ClN6O4. The molecule has 0 amide bonds. The lowest BCUT2D eigenvalue weighted by molar-refractivity contribution is 0.450. The van der Waals surface area contributed by atoms with Crippen LogP contribution in [0.2, 0.25) is 5.02 Å². The summed E-state index contributed by atoms with van der Waals surface area (Å²) in [5, 5.41) is 24.0. The molecule has 3 N–H and O–H groups in total. The number of aryl methyl sites for hydroxylation is 1. The van der Waals surface area contributed by atoms with Crippen molar-refractivity contribution in [3.63, 3.8) is 0 Å². The topological polar surface area (TPSA) is 127 Å². The number of hydrazone groups is 1. The summed E-state index contributed by atoms with van der Waals surface area (Å²) in [6.45, 7) is 0.267. The van der Waals surface area contributed by atoms with E-state index in [9.17, 15) is 19.8 Å². The van der Waals surface area contributed by atoms with Crippen molar-refractivity contribution >= 4 is 34.9 Å². The number of fused-ring (bicyclic) bond motifs is 1. The van der Waals surface area contributed by atoms with Gasteiger partial charge in [-0.05, 0) is 29.8 Å². The number of rotatable bonds is 5. The van der Waals surface area contributed by atoms with Gasteiger partial charge >= 0.3 is 5.69 Å². The Bertz CT molecular complexity index is 1470. The first-order chi connectivity index (χ1) is 15.3. The molecule has 0 unspecified atom stereocenters. The fourth-order valence-corrected chi connectivity index (χ4v) is 3.38. The third-order valence-electron chi connectivity index (χ3n) is 4.98. The van der Waals surface area contributed by atoms with Crippen molar-refractivity contribution in [1.82, 2.24) is 18.7 Å². The van der Waals surface area contributed by atoms with Crippen LogP contribution >= 0.6 is 11.6 Å². The second-order valence-corrected chi connectivity index (χ2v) is 7.58. The molecule has 10 nitrogen and oxygen atoms in total. The first-order valence-electron chi connectivity index (χ1n) is 9.48. The predicted molar refractivity (Wildman–Crippen MR) is 122 cm³/mol. The molecule has 0 bridgehead atoms. The quantitative estimate of drug-likeness (QED) is 0.312. The van der Waals surface area contributed by atoms with Crippen LogP contribution in [0.3, 0.4) is 0 Å². The maximum atomic E-state index is 12.9. The van der Waals surface area contributed by atoms with Gasteiger partial charge in [0, 0.05) is 30.7 Å². The summed E-state index contributed by atoms with van der Waals surface area (Å²) in [6.07, 6.45) is 1.35. The molecule has 0 fully saturated rings. The van der Waals surface area contributed by atoms with E-state index in [1.54, 1.807) is 16.7 Å². The van der Waals surface area contributed by atoms with Gasteiger partial charge in [0.2, 0.25) is 5.95 Å². The number of nitrogens with zero attached hydrogens (tertiary/aromatic N) is 5. The number of phenols is 2. The zero-order valence-electron chi connectivity index (χ0n) is 17.2. The Balaban J connectivity index is 1.81. The molecule has 0 saturated carbocycles. The van der Waals surface area contributed by atoms with Gasteiger partial charge in [-0.1, -0.05) is 23.7 Å². The van der Waals surface area contributed by atoms with E-state index in [2.05, 4.69) is 15.5 Å². The van der Waals surface area contributed by atoms with E-state index >= 15 is 0 Å². The van der Waals surface area contributed by atoms with Crippen molar-refractivity contribution in [2.24, 2.45) is 19.2 Å². The van der Waals surface area contributed by atoms with Gasteiger partial charge in [-0.2, -0.15) is 10.1 Å². The van der Waals surface area contributed by atoms with Gasteiger partial charge in [-0.15, -0.1) is 0 Å². The highest BCUT2D eigenvalue weighted by molar-refractivity contribution is 6.30. The Labute approximate surface area is 186 Å². The number of hydrogen-bond donors (Lipinski definition) is 3. The first-order valence-corrected chi connectivity index (χ1v) is 9.86. The molecule has 0 spiro atoms. The number of phenolic OH excluding ortho intramolecular Hbond substituents is 2. The molecule has 0 radical (unpaired) electrons. The second kappa shape index (κ2) is 8.23. The Morgan fingerprint density at radius 3 is 2.50 bits per heavy atom. The van der Waals surface area contributed by atoms with Gasteiger partial charge in [0.15, 0.2) is 11.2 Å². The van der Waals surface area contributed by atoms with Gasteiger partial charge in [-0.25, -0.2) is 10.2 Å². The average Bonchev–Trinajstić information content (AvgIpc) is 3.12. The van der Waals surface area contributed by atoms with Crippen molar-refractivity contribution in [3.8, 4) is 11.5 Å². The maximum Gasteiger partial charge on any atom is 0.332 e. The summed E-state index contributed by atoms with van der Waals surface area (Å²) in [6, 6.07) is 11.2. The molecule has 164 valence electrons. The van der Waals surface area contributed by atoms with E-state index in [-0.39, 0.29) is 35.2 Å². The van der Waals surface area contributed by atoms with Crippen LogP contribution in [0.5, 0.6) is 11.5 Å². The molecule has 32 heavy (non-hydrogen) atoms. The monoisotopic (exact) mass is 454 g/mol. The smallest absolute Gasteiger partial charge is 0.332 e. The summed E-state index contributed by atoms with van der Waals surface area (Å²) in [5.41, 5.74) is 3.44. The summed E-state index contributed by atoms with van der Waals surface area (Å²) in [5.74, 6) is -0.00150. The molecule has 0 saturated heterocycles. The minimum absolute atomic E-state index is 0.0749. The minimum Gasteiger partial charge on any atom is -0.508 e. The van der Waals surface area contributed by atoms with Gasteiger partial charge in [-0.3, -0.25) is 18.5 Å². The number of benzene rings is 2. The highest BCUT2D eigenvalue weighted by Crippen LogP contribution is 2.22. The lowest BCUT2D eigenvalue weighted by Gasteiger charge is -2.09. The number of aromatic hydroxyl groups is 2. The normalized spacial score (nSPS) is 11.5. The molecule has 2 aromatic carbocycles. The Hall–Kier alpha value is -4.05. The average molecular weight is 455 g/mol. The van der Waals surface area contributed by atoms with Crippen LogP contribution < -0.4 is 16.7 Å². The molecule has 0 aliphatic heterocycles. The number of anilines is 1. The molecule has 2 aromatic heterocycles. The third kappa shape index (κ3) is 3.83.